The van der Waals surface area contributed by atoms with E-state index in [2.05, 4.69) is 4.98 Å². The minimum atomic E-state index is -0.949. The molecule has 0 bridgehead atoms. The highest BCUT2D eigenvalue weighted by Gasteiger charge is 2.12. The molecule has 0 aliphatic rings. The predicted octanol–water partition coefficient (Wildman–Crippen LogP) is 2.69. The molecule has 106 valence electrons. The summed E-state index contributed by atoms with van der Waals surface area (Å²) in [4.78, 5) is 14.7. The normalized spacial score (nSPS) is 10.8. The number of thioether (sulfide) groups is 1. The van der Waals surface area contributed by atoms with Gasteiger partial charge in [0.1, 0.15) is 11.6 Å². The van der Waals surface area contributed by atoms with Crippen LogP contribution < -0.4 is 0 Å². The Morgan fingerprint density at radius 2 is 2.20 bits per heavy atom. The molecular formula is C13H12F2N2O2S. The molecule has 0 amide bonds. The zero-order valence-corrected chi connectivity index (χ0v) is 11.5. The van der Waals surface area contributed by atoms with Crippen molar-refractivity contribution in [2.45, 2.75) is 18.6 Å². The Morgan fingerprint density at radius 1 is 1.45 bits per heavy atom. The minimum absolute atomic E-state index is 0.123. The van der Waals surface area contributed by atoms with Gasteiger partial charge in [0.25, 0.3) is 0 Å². The fraction of sp³-hybridized carbons (Fsp3) is 0.231. The summed E-state index contributed by atoms with van der Waals surface area (Å²) in [5.74, 6) is -2.33. The molecule has 20 heavy (non-hydrogen) atoms. The lowest BCUT2D eigenvalue weighted by Crippen LogP contribution is -2.07. The van der Waals surface area contributed by atoms with Gasteiger partial charge in [-0.1, -0.05) is 17.8 Å². The first-order chi connectivity index (χ1) is 9.47. The van der Waals surface area contributed by atoms with E-state index in [-0.39, 0.29) is 12.3 Å². The van der Waals surface area contributed by atoms with Crippen LogP contribution in [0.5, 0.6) is 0 Å². The van der Waals surface area contributed by atoms with E-state index in [4.69, 9.17) is 5.11 Å². The van der Waals surface area contributed by atoms with Crippen LogP contribution in [0.15, 0.2) is 29.6 Å². The molecule has 0 radical (unpaired) electrons. The molecule has 0 saturated carbocycles. The number of imidazole rings is 1. The van der Waals surface area contributed by atoms with Gasteiger partial charge in [0.05, 0.1) is 12.3 Å². The van der Waals surface area contributed by atoms with Gasteiger partial charge in [0.15, 0.2) is 5.16 Å². The SMILES string of the molecule is Cc1cnc(SCC(=O)O)n1Cc1ccc(F)cc1F. The van der Waals surface area contributed by atoms with Crippen LogP contribution in [0.3, 0.4) is 0 Å². The topological polar surface area (TPSA) is 55.1 Å². The number of carbonyl (C=O) groups is 1. The van der Waals surface area contributed by atoms with Crippen molar-refractivity contribution in [1.29, 1.82) is 0 Å². The second-order valence-electron chi connectivity index (χ2n) is 4.19. The summed E-state index contributed by atoms with van der Waals surface area (Å²) in [5, 5.41) is 9.17. The van der Waals surface area contributed by atoms with E-state index in [1.165, 1.54) is 12.1 Å². The number of carboxylic acid groups (broad SMARTS) is 1. The monoisotopic (exact) mass is 298 g/mol. The van der Waals surface area contributed by atoms with Crippen LogP contribution in [-0.4, -0.2) is 26.4 Å². The van der Waals surface area contributed by atoms with Gasteiger partial charge in [-0.25, -0.2) is 13.8 Å². The van der Waals surface area contributed by atoms with Crippen molar-refractivity contribution in [1.82, 2.24) is 9.55 Å². The number of halogens is 2. The summed E-state index contributed by atoms with van der Waals surface area (Å²) in [7, 11) is 0. The Hall–Kier alpha value is -1.89. The van der Waals surface area contributed by atoms with Crippen LogP contribution in [0.25, 0.3) is 0 Å². The zero-order chi connectivity index (χ0) is 14.7. The number of nitrogens with zero attached hydrogens (tertiary/aromatic N) is 2. The molecule has 0 spiro atoms. The van der Waals surface area contributed by atoms with Crippen molar-refractivity contribution in [3.05, 3.63) is 47.3 Å². The summed E-state index contributed by atoms with van der Waals surface area (Å²) in [6.45, 7) is 1.97. The Kier molecular flexibility index (Phi) is 4.39. The fourth-order valence-corrected chi connectivity index (χ4v) is 2.44. The maximum Gasteiger partial charge on any atom is 0.313 e. The molecule has 0 aliphatic heterocycles. The second kappa shape index (κ2) is 6.04. The summed E-state index contributed by atoms with van der Waals surface area (Å²) in [6, 6.07) is 3.39. The van der Waals surface area contributed by atoms with Gasteiger partial charge in [-0.2, -0.15) is 0 Å². The lowest BCUT2D eigenvalue weighted by molar-refractivity contribution is -0.133. The molecule has 0 fully saturated rings. The summed E-state index contributed by atoms with van der Waals surface area (Å²) in [5.41, 5.74) is 1.10. The Morgan fingerprint density at radius 3 is 2.85 bits per heavy atom. The van der Waals surface area contributed by atoms with E-state index < -0.39 is 17.6 Å². The van der Waals surface area contributed by atoms with Crippen molar-refractivity contribution < 1.29 is 18.7 Å². The highest BCUT2D eigenvalue weighted by molar-refractivity contribution is 7.99. The Bertz CT molecular complexity index is 643. The van der Waals surface area contributed by atoms with Gasteiger partial charge in [0, 0.05) is 23.5 Å². The van der Waals surface area contributed by atoms with Crippen LogP contribution in [0.2, 0.25) is 0 Å². The third-order valence-corrected chi connectivity index (χ3v) is 3.66. The van der Waals surface area contributed by atoms with Crippen LogP contribution in [0, 0.1) is 18.6 Å². The van der Waals surface area contributed by atoms with Gasteiger partial charge in [-0.15, -0.1) is 0 Å². The zero-order valence-electron chi connectivity index (χ0n) is 10.6. The summed E-state index contributed by atoms with van der Waals surface area (Å²) >= 11 is 1.06. The van der Waals surface area contributed by atoms with E-state index in [0.717, 1.165) is 23.5 Å². The summed E-state index contributed by atoms with van der Waals surface area (Å²) < 4.78 is 28.2. The molecular weight excluding hydrogens is 286 g/mol. The maximum atomic E-state index is 13.6. The van der Waals surface area contributed by atoms with Gasteiger partial charge in [-0.3, -0.25) is 4.79 Å². The van der Waals surface area contributed by atoms with Crippen molar-refractivity contribution in [3.63, 3.8) is 0 Å². The van der Waals surface area contributed by atoms with Crippen LogP contribution in [0.4, 0.5) is 8.78 Å². The Balaban J connectivity index is 2.24. The minimum Gasteiger partial charge on any atom is -0.481 e. The number of carboxylic acids is 1. The molecule has 0 atom stereocenters. The van der Waals surface area contributed by atoms with Crippen LogP contribution >= 0.6 is 11.8 Å². The van der Waals surface area contributed by atoms with Crippen molar-refractivity contribution in [2.24, 2.45) is 0 Å². The third kappa shape index (κ3) is 3.36. The van der Waals surface area contributed by atoms with Gasteiger partial charge in [-0.05, 0) is 13.0 Å². The van der Waals surface area contributed by atoms with E-state index in [0.29, 0.717) is 10.7 Å². The van der Waals surface area contributed by atoms with Crippen LogP contribution in [-0.2, 0) is 11.3 Å². The van der Waals surface area contributed by atoms with Crippen molar-refractivity contribution >= 4 is 17.7 Å². The highest BCUT2D eigenvalue weighted by atomic mass is 32.2. The fourth-order valence-electron chi connectivity index (χ4n) is 1.69. The van der Waals surface area contributed by atoms with E-state index in [1.807, 2.05) is 0 Å². The number of aryl methyl sites for hydroxylation is 1. The molecule has 1 N–H and O–H groups in total. The molecule has 1 aromatic carbocycles. The van der Waals surface area contributed by atoms with E-state index in [9.17, 15) is 13.6 Å². The molecule has 2 rings (SSSR count). The second-order valence-corrected chi connectivity index (χ2v) is 5.13. The molecule has 0 aliphatic carbocycles. The van der Waals surface area contributed by atoms with Gasteiger partial charge in [0.2, 0.25) is 0 Å². The number of hydrogen-bond acceptors (Lipinski definition) is 3. The predicted molar refractivity (Wildman–Crippen MR) is 70.8 cm³/mol. The third-order valence-electron chi connectivity index (χ3n) is 2.69. The Labute approximate surface area is 118 Å². The lowest BCUT2D eigenvalue weighted by Gasteiger charge is -2.10. The summed E-state index contributed by atoms with van der Waals surface area (Å²) in [6.07, 6.45) is 1.59. The molecule has 1 heterocycles. The average Bonchev–Trinajstić information content (AvgIpc) is 2.71. The molecule has 4 nitrogen and oxygen atoms in total. The quantitative estimate of drug-likeness (QED) is 0.862. The van der Waals surface area contributed by atoms with Gasteiger partial charge < -0.3 is 9.67 Å². The smallest absolute Gasteiger partial charge is 0.313 e. The highest BCUT2D eigenvalue weighted by Crippen LogP contribution is 2.21. The standard InChI is InChI=1S/C13H12F2N2O2S/c1-8-5-16-13(20-7-12(18)19)17(8)6-9-2-3-10(14)4-11(9)15/h2-5H,6-7H2,1H3,(H,18,19). The van der Waals surface area contributed by atoms with E-state index in [1.54, 1.807) is 17.7 Å². The number of rotatable bonds is 5. The van der Waals surface area contributed by atoms with Crippen molar-refractivity contribution in [2.75, 3.05) is 5.75 Å². The molecule has 7 heteroatoms. The number of hydrogen-bond donors (Lipinski definition) is 1. The van der Waals surface area contributed by atoms with Crippen LogP contribution in [0.1, 0.15) is 11.3 Å². The first-order valence-electron chi connectivity index (χ1n) is 5.78. The lowest BCUT2D eigenvalue weighted by atomic mass is 10.2. The first-order valence-corrected chi connectivity index (χ1v) is 6.76. The van der Waals surface area contributed by atoms with Crippen molar-refractivity contribution in [3.8, 4) is 0 Å². The molecule has 0 saturated heterocycles. The molecule has 2 aromatic rings. The molecule has 1 aromatic heterocycles. The van der Waals surface area contributed by atoms with Gasteiger partial charge >= 0.3 is 5.97 Å². The number of benzene rings is 1. The molecule has 0 unspecified atom stereocenters. The average molecular weight is 298 g/mol. The number of aromatic nitrogens is 2. The van der Waals surface area contributed by atoms with E-state index >= 15 is 0 Å². The number of aliphatic carboxylic acids is 1. The largest absolute Gasteiger partial charge is 0.481 e. The maximum absolute atomic E-state index is 13.6. The first kappa shape index (κ1) is 14.5.